The number of nitrogens with one attached hydrogen (secondary N) is 1. The molecule has 0 aromatic heterocycles. The van der Waals surface area contributed by atoms with Crippen LogP contribution in [0.1, 0.15) is 44.1 Å². The summed E-state index contributed by atoms with van der Waals surface area (Å²) < 4.78 is 19.6. The van der Waals surface area contributed by atoms with Crippen LogP contribution >= 0.6 is 0 Å². The normalized spacial score (nSPS) is 20.6. The zero-order valence-electron chi connectivity index (χ0n) is 11.7. The summed E-state index contributed by atoms with van der Waals surface area (Å²) in [4.78, 5) is 0. The maximum absolute atomic E-state index is 13.9. The van der Waals surface area contributed by atoms with E-state index in [0.717, 1.165) is 44.5 Å². The molecule has 1 fully saturated rings. The Balaban J connectivity index is 1.96. The summed E-state index contributed by atoms with van der Waals surface area (Å²) in [6, 6.07) is 7.14. The lowest BCUT2D eigenvalue weighted by Crippen LogP contribution is -2.23. The minimum atomic E-state index is -0.0854. The van der Waals surface area contributed by atoms with Crippen molar-refractivity contribution in [3.05, 3.63) is 35.6 Å². The highest BCUT2D eigenvalue weighted by Crippen LogP contribution is 2.27. The van der Waals surface area contributed by atoms with Crippen molar-refractivity contribution in [3.63, 3.8) is 0 Å². The van der Waals surface area contributed by atoms with E-state index in [2.05, 4.69) is 12.2 Å². The number of rotatable bonds is 7. The van der Waals surface area contributed by atoms with Crippen molar-refractivity contribution in [1.29, 1.82) is 0 Å². The van der Waals surface area contributed by atoms with E-state index in [1.807, 2.05) is 12.1 Å². The van der Waals surface area contributed by atoms with Crippen LogP contribution in [0.25, 0.3) is 0 Å². The highest BCUT2D eigenvalue weighted by molar-refractivity contribution is 5.22. The van der Waals surface area contributed by atoms with Gasteiger partial charge in [0.15, 0.2) is 0 Å². The van der Waals surface area contributed by atoms with Crippen LogP contribution in [0.4, 0.5) is 4.39 Å². The fourth-order valence-electron chi connectivity index (χ4n) is 2.75. The van der Waals surface area contributed by atoms with E-state index in [4.69, 9.17) is 4.74 Å². The molecule has 1 aromatic rings. The Kier molecular flexibility index (Phi) is 5.80. The predicted molar refractivity (Wildman–Crippen MR) is 75.9 cm³/mol. The number of halogens is 1. The van der Waals surface area contributed by atoms with Crippen LogP contribution in [-0.4, -0.2) is 25.8 Å². The minimum Gasteiger partial charge on any atom is -0.378 e. The molecule has 2 atom stereocenters. The highest BCUT2D eigenvalue weighted by Gasteiger charge is 2.20. The Hall–Kier alpha value is -0.930. The summed E-state index contributed by atoms with van der Waals surface area (Å²) in [5, 5.41) is 3.34. The van der Waals surface area contributed by atoms with Crippen LogP contribution < -0.4 is 5.32 Å². The molecule has 1 aliphatic rings. The molecule has 2 nitrogen and oxygen atoms in total. The molecule has 19 heavy (non-hydrogen) atoms. The van der Waals surface area contributed by atoms with Gasteiger partial charge in [-0.15, -0.1) is 0 Å². The van der Waals surface area contributed by atoms with Gasteiger partial charge < -0.3 is 10.1 Å². The molecule has 3 heteroatoms. The first-order valence-corrected chi connectivity index (χ1v) is 7.38. The monoisotopic (exact) mass is 265 g/mol. The lowest BCUT2D eigenvalue weighted by molar-refractivity contribution is 0.100. The Labute approximate surface area is 115 Å². The standard InChI is InChI=1S/C16H24FNO/c1-2-18-12-13(9-10-14-6-5-11-19-14)15-7-3-4-8-16(15)17/h3-4,7-8,13-14,18H,2,5-6,9-12H2,1H3. The number of hydrogen-bond donors (Lipinski definition) is 1. The van der Waals surface area contributed by atoms with Gasteiger partial charge in [-0.1, -0.05) is 25.1 Å². The maximum Gasteiger partial charge on any atom is 0.126 e. The first kappa shape index (κ1) is 14.5. The second-order valence-electron chi connectivity index (χ2n) is 5.24. The van der Waals surface area contributed by atoms with Crippen LogP contribution in [0, 0.1) is 5.82 Å². The minimum absolute atomic E-state index is 0.0854. The van der Waals surface area contributed by atoms with Crippen molar-refractivity contribution < 1.29 is 9.13 Å². The average molecular weight is 265 g/mol. The molecule has 1 aliphatic heterocycles. The first-order valence-electron chi connectivity index (χ1n) is 7.38. The molecule has 1 heterocycles. The summed E-state index contributed by atoms with van der Waals surface area (Å²) in [6.45, 7) is 4.73. The van der Waals surface area contributed by atoms with Crippen LogP contribution in [0.3, 0.4) is 0 Å². The van der Waals surface area contributed by atoms with E-state index in [1.54, 1.807) is 12.1 Å². The Morgan fingerprint density at radius 1 is 1.42 bits per heavy atom. The molecule has 1 N–H and O–H groups in total. The summed E-state index contributed by atoms with van der Waals surface area (Å²) in [7, 11) is 0. The molecule has 0 saturated carbocycles. The van der Waals surface area contributed by atoms with E-state index in [-0.39, 0.29) is 11.7 Å². The third kappa shape index (κ3) is 4.29. The molecule has 0 amide bonds. The van der Waals surface area contributed by atoms with Crippen LogP contribution in [-0.2, 0) is 4.74 Å². The van der Waals surface area contributed by atoms with E-state index in [1.165, 1.54) is 6.42 Å². The van der Waals surface area contributed by atoms with Crippen LogP contribution in [0.15, 0.2) is 24.3 Å². The molecule has 0 spiro atoms. The molecule has 1 saturated heterocycles. The third-order valence-corrected chi connectivity index (χ3v) is 3.85. The van der Waals surface area contributed by atoms with Gasteiger partial charge in [0, 0.05) is 13.2 Å². The van der Waals surface area contributed by atoms with Gasteiger partial charge in [-0.25, -0.2) is 4.39 Å². The van der Waals surface area contributed by atoms with Crippen LogP contribution in [0.5, 0.6) is 0 Å². The molecule has 2 unspecified atom stereocenters. The van der Waals surface area contributed by atoms with Crippen LogP contribution in [0.2, 0.25) is 0 Å². The molecular weight excluding hydrogens is 241 g/mol. The largest absolute Gasteiger partial charge is 0.378 e. The van der Waals surface area contributed by atoms with Gasteiger partial charge in [-0.2, -0.15) is 0 Å². The van der Waals surface area contributed by atoms with E-state index in [9.17, 15) is 4.39 Å². The van der Waals surface area contributed by atoms with Gasteiger partial charge in [0.25, 0.3) is 0 Å². The van der Waals surface area contributed by atoms with Gasteiger partial charge >= 0.3 is 0 Å². The van der Waals surface area contributed by atoms with Gasteiger partial charge in [0.1, 0.15) is 5.82 Å². The molecule has 0 aliphatic carbocycles. The molecule has 106 valence electrons. The van der Waals surface area contributed by atoms with Gasteiger partial charge in [-0.05, 0) is 49.8 Å². The van der Waals surface area contributed by atoms with E-state index < -0.39 is 0 Å². The average Bonchev–Trinajstić information content (AvgIpc) is 2.93. The quantitative estimate of drug-likeness (QED) is 0.815. The fourth-order valence-corrected chi connectivity index (χ4v) is 2.75. The zero-order valence-corrected chi connectivity index (χ0v) is 11.7. The molecule has 1 aromatic carbocycles. The van der Waals surface area contributed by atoms with Crippen molar-refractivity contribution >= 4 is 0 Å². The first-order chi connectivity index (χ1) is 9.31. The number of benzene rings is 1. The maximum atomic E-state index is 13.9. The van der Waals surface area contributed by atoms with Crippen molar-refractivity contribution in [2.75, 3.05) is 19.7 Å². The van der Waals surface area contributed by atoms with Crippen molar-refractivity contribution in [2.45, 2.75) is 44.6 Å². The second kappa shape index (κ2) is 7.61. The predicted octanol–water partition coefficient (Wildman–Crippen LogP) is 3.48. The zero-order chi connectivity index (χ0) is 13.5. The third-order valence-electron chi connectivity index (χ3n) is 3.85. The summed E-state index contributed by atoms with van der Waals surface area (Å²) in [6.07, 6.45) is 4.73. The SMILES string of the molecule is CCNCC(CCC1CCCO1)c1ccccc1F. The highest BCUT2D eigenvalue weighted by atomic mass is 19.1. The van der Waals surface area contributed by atoms with E-state index in [0.29, 0.717) is 6.10 Å². The van der Waals surface area contributed by atoms with E-state index >= 15 is 0 Å². The summed E-state index contributed by atoms with van der Waals surface area (Å²) >= 11 is 0. The lowest BCUT2D eigenvalue weighted by Gasteiger charge is -2.20. The number of likely N-dealkylation sites (N-methyl/N-ethyl adjacent to an activating group) is 1. The smallest absolute Gasteiger partial charge is 0.126 e. The van der Waals surface area contributed by atoms with Crippen molar-refractivity contribution in [3.8, 4) is 0 Å². The number of hydrogen-bond acceptors (Lipinski definition) is 2. The second-order valence-corrected chi connectivity index (χ2v) is 5.24. The van der Waals surface area contributed by atoms with Crippen molar-refractivity contribution in [1.82, 2.24) is 5.32 Å². The van der Waals surface area contributed by atoms with Gasteiger partial charge in [-0.3, -0.25) is 0 Å². The Bertz CT molecular complexity index is 377. The Morgan fingerprint density at radius 2 is 2.26 bits per heavy atom. The lowest BCUT2D eigenvalue weighted by atomic mass is 9.92. The fraction of sp³-hybridized carbons (Fsp3) is 0.625. The van der Waals surface area contributed by atoms with Crippen molar-refractivity contribution in [2.24, 2.45) is 0 Å². The molecule has 0 radical (unpaired) electrons. The van der Waals surface area contributed by atoms with Gasteiger partial charge in [0.2, 0.25) is 0 Å². The van der Waals surface area contributed by atoms with Gasteiger partial charge in [0.05, 0.1) is 6.10 Å². The molecule has 0 bridgehead atoms. The molecule has 2 rings (SSSR count). The number of ether oxygens (including phenoxy) is 1. The topological polar surface area (TPSA) is 21.3 Å². The summed E-state index contributed by atoms with van der Waals surface area (Å²) in [5.41, 5.74) is 0.835. The summed E-state index contributed by atoms with van der Waals surface area (Å²) in [5.74, 6) is 0.156. The molecular formula is C16H24FNO. The Morgan fingerprint density at radius 3 is 2.95 bits per heavy atom.